The summed E-state index contributed by atoms with van der Waals surface area (Å²) in [5.74, 6) is -0.0736. The minimum absolute atomic E-state index is 0.0553. The number of amides is 1. The Balaban J connectivity index is 1.71. The smallest absolute Gasteiger partial charge is 0.306 e. The number of carboxylic acid groups (broad SMARTS) is 1. The molecule has 1 aliphatic carbocycles. The monoisotopic (exact) mass is 321 g/mol. The van der Waals surface area contributed by atoms with Crippen molar-refractivity contribution in [3.8, 4) is 0 Å². The van der Waals surface area contributed by atoms with Gasteiger partial charge in [-0.2, -0.15) is 0 Å². The molecule has 0 aliphatic heterocycles. The maximum absolute atomic E-state index is 12.2. The first-order chi connectivity index (χ1) is 10.6. The van der Waals surface area contributed by atoms with Gasteiger partial charge in [0.2, 0.25) is 5.91 Å². The number of thioether (sulfide) groups is 1. The molecule has 0 aromatic heterocycles. The minimum atomic E-state index is -0.712. The normalized spacial score (nSPS) is 22.8. The van der Waals surface area contributed by atoms with Gasteiger partial charge in [-0.1, -0.05) is 30.3 Å². The van der Waals surface area contributed by atoms with Crippen molar-refractivity contribution in [2.75, 3.05) is 0 Å². The summed E-state index contributed by atoms with van der Waals surface area (Å²) < 4.78 is 0. The van der Waals surface area contributed by atoms with Crippen molar-refractivity contribution < 1.29 is 14.7 Å². The van der Waals surface area contributed by atoms with Crippen molar-refractivity contribution in [3.63, 3.8) is 0 Å². The minimum Gasteiger partial charge on any atom is -0.481 e. The highest BCUT2D eigenvalue weighted by Crippen LogP contribution is 2.25. The second kappa shape index (κ2) is 8.22. The third kappa shape index (κ3) is 5.05. The number of benzene rings is 1. The molecular formula is C17H23NO3S. The molecule has 1 fully saturated rings. The zero-order valence-corrected chi connectivity index (χ0v) is 13.6. The molecule has 0 bridgehead atoms. The van der Waals surface area contributed by atoms with Gasteiger partial charge in [0, 0.05) is 11.8 Å². The molecule has 4 nitrogen and oxygen atoms in total. The first kappa shape index (κ1) is 16.9. The van der Waals surface area contributed by atoms with Gasteiger partial charge in [0.25, 0.3) is 0 Å². The van der Waals surface area contributed by atoms with Crippen LogP contribution in [0.3, 0.4) is 0 Å². The molecule has 2 N–H and O–H groups in total. The van der Waals surface area contributed by atoms with Crippen LogP contribution in [0.2, 0.25) is 0 Å². The molecule has 0 spiro atoms. The quantitative estimate of drug-likeness (QED) is 0.845. The Morgan fingerprint density at radius 1 is 1.23 bits per heavy atom. The van der Waals surface area contributed by atoms with Crippen LogP contribution in [0, 0.1) is 5.92 Å². The molecule has 0 heterocycles. The van der Waals surface area contributed by atoms with Gasteiger partial charge in [0.1, 0.15) is 0 Å². The second-order valence-corrected chi connectivity index (χ2v) is 7.16. The van der Waals surface area contributed by atoms with Gasteiger partial charge in [0.05, 0.1) is 11.2 Å². The maximum atomic E-state index is 12.2. The van der Waals surface area contributed by atoms with Gasteiger partial charge < -0.3 is 10.4 Å². The standard InChI is InChI=1S/C17H23NO3S/c1-12(22-11-13-5-3-2-4-6-13)16(19)18-15-9-7-14(8-10-15)17(20)21/h2-6,12,14-15H,7-11H2,1H3,(H,18,19)(H,20,21). The fourth-order valence-corrected chi connectivity index (χ4v) is 3.53. The first-order valence-corrected chi connectivity index (χ1v) is 8.80. The van der Waals surface area contributed by atoms with Crippen molar-refractivity contribution in [2.24, 2.45) is 5.92 Å². The lowest BCUT2D eigenvalue weighted by atomic mass is 9.86. The summed E-state index contributed by atoms with van der Waals surface area (Å²) in [5, 5.41) is 11.9. The van der Waals surface area contributed by atoms with Crippen LogP contribution < -0.4 is 5.32 Å². The zero-order valence-electron chi connectivity index (χ0n) is 12.8. The molecule has 1 amide bonds. The maximum Gasteiger partial charge on any atom is 0.306 e. The Bertz CT molecular complexity index is 498. The topological polar surface area (TPSA) is 66.4 Å². The predicted octanol–water partition coefficient (Wildman–Crippen LogP) is 3.07. The van der Waals surface area contributed by atoms with Gasteiger partial charge in [0.15, 0.2) is 0 Å². The molecule has 2 rings (SSSR count). The van der Waals surface area contributed by atoms with Gasteiger partial charge in [-0.3, -0.25) is 9.59 Å². The van der Waals surface area contributed by atoms with E-state index < -0.39 is 5.97 Å². The van der Waals surface area contributed by atoms with Crippen molar-refractivity contribution in [1.82, 2.24) is 5.32 Å². The Kier molecular flexibility index (Phi) is 6.31. The van der Waals surface area contributed by atoms with E-state index in [0.29, 0.717) is 12.8 Å². The SMILES string of the molecule is CC(SCc1ccccc1)C(=O)NC1CCC(C(=O)O)CC1. The molecule has 1 saturated carbocycles. The molecule has 1 aromatic carbocycles. The molecule has 1 aromatic rings. The van der Waals surface area contributed by atoms with Crippen LogP contribution in [-0.2, 0) is 15.3 Å². The highest BCUT2D eigenvalue weighted by molar-refractivity contribution is 7.99. The van der Waals surface area contributed by atoms with Crippen LogP contribution in [-0.4, -0.2) is 28.3 Å². The van der Waals surface area contributed by atoms with E-state index in [9.17, 15) is 9.59 Å². The summed E-state index contributed by atoms with van der Waals surface area (Å²) in [5.41, 5.74) is 1.22. The molecule has 0 radical (unpaired) electrons. The number of carbonyl (C=O) groups excluding carboxylic acids is 1. The number of hydrogen-bond acceptors (Lipinski definition) is 3. The molecule has 120 valence electrons. The first-order valence-electron chi connectivity index (χ1n) is 7.75. The largest absolute Gasteiger partial charge is 0.481 e. The van der Waals surface area contributed by atoms with Crippen LogP contribution >= 0.6 is 11.8 Å². The van der Waals surface area contributed by atoms with Gasteiger partial charge in [-0.05, 0) is 38.2 Å². The van der Waals surface area contributed by atoms with E-state index in [4.69, 9.17) is 5.11 Å². The van der Waals surface area contributed by atoms with Crippen molar-refractivity contribution >= 4 is 23.6 Å². The Morgan fingerprint density at radius 2 is 1.86 bits per heavy atom. The molecular weight excluding hydrogens is 298 g/mol. The lowest BCUT2D eigenvalue weighted by Gasteiger charge is -2.27. The van der Waals surface area contributed by atoms with Gasteiger partial charge in [-0.15, -0.1) is 11.8 Å². The summed E-state index contributed by atoms with van der Waals surface area (Å²) >= 11 is 1.63. The van der Waals surface area contributed by atoms with E-state index in [-0.39, 0.29) is 23.1 Å². The van der Waals surface area contributed by atoms with E-state index in [1.165, 1.54) is 5.56 Å². The van der Waals surface area contributed by atoms with Crippen molar-refractivity contribution in [2.45, 2.75) is 49.7 Å². The number of carbonyl (C=O) groups is 2. The van der Waals surface area contributed by atoms with E-state index in [1.54, 1.807) is 11.8 Å². The number of aliphatic carboxylic acids is 1. The van der Waals surface area contributed by atoms with E-state index >= 15 is 0 Å². The Hall–Kier alpha value is -1.49. The molecule has 5 heteroatoms. The number of nitrogens with one attached hydrogen (secondary N) is 1. The summed E-state index contributed by atoms with van der Waals surface area (Å²) in [6, 6.07) is 10.2. The second-order valence-electron chi connectivity index (χ2n) is 5.83. The molecule has 1 unspecified atom stereocenters. The number of carboxylic acids is 1. The van der Waals surface area contributed by atoms with Gasteiger partial charge in [-0.25, -0.2) is 0 Å². The van der Waals surface area contributed by atoms with Crippen molar-refractivity contribution in [1.29, 1.82) is 0 Å². The molecule has 1 atom stereocenters. The third-order valence-electron chi connectivity index (χ3n) is 4.13. The average molecular weight is 321 g/mol. The average Bonchev–Trinajstić information content (AvgIpc) is 2.54. The summed E-state index contributed by atoms with van der Waals surface area (Å²) in [6.45, 7) is 1.92. The Labute approximate surface area is 135 Å². The fraction of sp³-hybridized carbons (Fsp3) is 0.529. The van der Waals surface area contributed by atoms with E-state index in [2.05, 4.69) is 17.4 Å². The van der Waals surface area contributed by atoms with E-state index in [0.717, 1.165) is 18.6 Å². The van der Waals surface area contributed by atoms with Crippen LogP contribution in [0.5, 0.6) is 0 Å². The van der Waals surface area contributed by atoms with Crippen LogP contribution in [0.25, 0.3) is 0 Å². The van der Waals surface area contributed by atoms with Gasteiger partial charge >= 0.3 is 5.97 Å². The summed E-state index contributed by atoms with van der Waals surface area (Å²) in [4.78, 5) is 23.1. The molecule has 1 aliphatic rings. The highest BCUT2D eigenvalue weighted by Gasteiger charge is 2.27. The summed E-state index contributed by atoms with van der Waals surface area (Å²) in [7, 11) is 0. The number of hydrogen-bond donors (Lipinski definition) is 2. The van der Waals surface area contributed by atoms with Crippen LogP contribution in [0.4, 0.5) is 0 Å². The van der Waals surface area contributed by atoms with E-state index in [1.807, 2.05) is 25.1 Å². The lowest BCUT2D eigenvalue weighted by molar-refractivity contribution is -0.142. The summed E-state index contributed by atoms with van der Waals surface area (Å²) in [6.07, 6.45) is 2.84. The third-order valence-corrected chi connectivity index (χ3v) is 5.35. The van der Waals surface area contributed by atoms with Crippen LogP contribution in [0.15, 0.2) is 30.3 Å². The predicted molar refractivity (Wildman–Crippen MR) is 88.7 cm³/mol. The Morgan fingerprint density at radius 3 is 2.45 bits per heavy atom. The fourth-order valence-electron chi connectivity index (χ4n) is 2.67. The lowest BCUT2D eigenvalue weighted by Crippen LogP contribution is -2.42. The number of rotatable bonds is 6. The molecule has 0 saturated heterocycles. The molecule has 22 heavy (non-hydrogen) atoms. The van der Waals surface area contributed by atoms with Crippen LogP contribution in [0.1, 0.15) is 38.2 Å². The highest BCUT2D eigenvalue weighted by atomic mass is 32.2. The van der Waals surface area contributed by atoms with Crippen molar-refractivity contribution in [3.05, 3.63) is 35.9 Å². The zero-order chi connectivity index (χ0) is 15.9.